The third kappa shape index (κ3) is 3.85. The highest BCUT2D eigenvalue weighted by atomic mass is 127. The molecule has 0 aliphatic carbocycles. The molecule has 0 aromatic heterocycles. The van der Waals surface area contributed by atoms with Gasteiger partial charge in [0.1, 0.15) is 0 Å². The van der Waals surface area contributed by atoms with Crippen molar-refractivity contribution in [3.63, 3.8) is 0 Å². The minimum atomic E-state index is -0.0432. The van der Waals surface area contributed by atoms with E-state index in [-0.39, 0.29) is 11.9 Å². The van der Waals surface area contributed by atoms with E-state index in [1.807, 2.05) is 49.4 Å². The van der Waals surface area contributed by atoms with Crippen LogP contribution in [-0.4, -0.2) is 5.91 Å². The largest absolute Gasteiger partial charge is 0.345 e. The Labute approximate surface area is 156 Å². The highest BCUT2D eigenvalue weighted by Gasteiger charge is 2.13. The van der Waals surface area contributed by atoms with Crippen molar-refractivity contribution in [2.24, 2.45) is 0 Å². The molecule has 0 aliphatic rings. The third-order valence-electron chi connectivity index (χ3n) is 3.98. The normalized spacial score (nSPS) is 11.8. The summed E-state index contributed by atoms with van der Waals surface area (Å²) in [4.78, 5) is 12.4. The van der Waals surface area contributed by atoms with Crippen LogP contribution in [0.2, 0.25) is 0 Å². The minimum absolute atomic E-state index is 0.0420. The Kier molecular flexibility index (Phi) is 5.30. The van der Waals surface area contributed by atoms with Crippen molar-refractivity contribution in [2.75, 3.05) is 0 Å². The summed E-state index contributed by atoms with van der Waals surface area (Å²) < 4.78 is 0.958. The molecule has 0 fully saturated rings. The predicted molar refractivity (Wildman–Crippen MR) is 107 cm³/mol. The summed E-state index contributed by atoms with van der Waals surface area (Å²) in [6, 6.07) is 26.2. The number of rotatable bonds is 4. The smallest absolute Gasteiger partial charge is 0.252 e. The molecule has 1 amide bonds. The molecule has 3 aromatic carbocycles. The van der Waals surface area contributed by atoms with Crippen LogP contribution in [0.25, 0.3) is 11.1 Å². The van der Waals surface area contributed by atoms with Crippen molar-refractivity contribution in [2.45, 2.75) is 13.0 Å². The fourth-order valence-corrected chi connectivity index (χ4v) is 3.23. The second kappa shape index (κ2) is 7.62. The number of hydrogen-bond acceptors (Lipinski definition) is 1. The fourth-order valence-electron chi connectivity index (χ4n) is 2.60. The van der Waals surface area contributed by atoms with Crippen LogP contribution in [0.3, 0.4) is 0 Å². The van der Waals surface area contributed by atoms with Gasteiger partial charge in [-0.1, -0.05) is 66.7 Å². The van der Waals surface area contributed by atoms with Gasteiger partial charge in [-0.25, -0.2) is 0 Å². The molecule has 0 aliphatic heterocycles. The van der Waals surface area contributed by atoms with Gasteiger partial charge in [0, 0.05) is 3.57 Å². The third-order valence-corrected chi connectivity index (χ3v) is 4.92. The number of nitrogens with one attached hydrogen (secondary N) is 1. The van der Waals surface area contributed by atoms with Crippen LogP contribution in [-0.2, 0) is 0 Å². The van der Waals surface area contributed by atoms with Gasteiger partial charge in [0.15, 0.2) is 0 Å². The standard InChI is InChI=1S/C21H18INO/c1-15(23-21(24)19-9-5-6-10-20(19)22)16-11-13-18(14-12-16)17-7-3-2-4-8-17/h2-15H,1H3,(H,23,24)/t15-/m0/s1. The summed E-state index contributed by atoms with van der Waals surface area (Å²) in [5, 5.41) is 3.07. The van der Waals surface area contributed by atoms with Gasteiger partial charge in [-0.05, 0) is 58.3 Å². The van der Waals surface area contributed by atoms with Gasteiger partial charge in [0.25, 0.3) is 5.91 Å². The van der Waals surface area contributed by atoms with Gasteiger partial charge >= 0.3 is 0 Å². The Bertz CT molecular complexity index is 828. The van der Waals surface area contributed by atoms with E-state index in [0.29, 0.717) is 5.56 Å². The maximum absolute atomic E-state index is 12.4. The lowest BCUT2D eigenvalue weighted by Crippen LogP contribution is -2.27. The molecule has 0 saturated carbocycles. The van der Waals surface area contributed by atoms with E-state index >= 15 is 0 Å². The van der Waals surface area contributed by atoms with Gasteiger partial charge in [-0.3, -0.25) is 4.79 Å². The number of halogens is 1. The lowest BCUT2D eigenvalue weighted by Gasteiger charge is -2.15. The fraction of sp³-hybridized carbons (Fsp3) is 0.0952. The Balaban J connectivity index is 1.73. The topological polar surface area (TPSA) is 29.1 Å². The summed E-state index contributed by atoms with van der Waals surface area (Å²) in [6.45, 7) is 2.01. The van der Waals surface area contributed by atoms with E-state index < -0.39 is 0 Å². The molecule has 3 aromatic rings. The summed E-state index contributed by atoms with van der Waals surface area (Å²) >= 11 is 2.19. The van der Waals surface area contributed by atoms with E-state index in [9.17, 15) is 4.79 Å². The van der Waals surface area contributed by atoms with Crippen molar-refractivity contribution in [1.29, 1.82) is 0 Å². The Morgan fingerprint density at radius 2 is 1.42 bits per heavy atom. The zero-order chi connectivity index (χ0) is 16.9. The molecule has 3 heteroatoms. The molecule has 2 nitrogen and oxygen atoms in total. The van der Waals surface area contributed by atoms with Crippen molar-refractivity contribution in [1.82, 2.24) is 5.32 Å². The van der Waals surface area contributed by atoms with Gasteiger partial charge < -0.3 is 5.32 Å². The van der Waals surface area contributed by atoms with E-state index in [4.69, 9.17) is 0 Å². The van der Waals surface area contributed by atoms with Crippen LogP contribution < -0.4 is 5.32 Å². The molecular weight excluding hydrogens is 409 g/mol. The van der Waals surface area contributed by atoms with Crippen molar-refractivity contribution < 1.29 is 4.79 Å². The first-order valence-corrected chi connectivity index (χ1v) is 8.94. The Morgan fingerprint density at radius 1 is 0.833 bits per heavy atom. The average Bonchev–Trinajstić information content (AvgIpc) is 2.63. The second-order valence-electron chi connectivity index (χ2n) is 5.66. The molecule has 0 saturated heterocycles. The zero-order valence-corrected chi connectivity index (χ0v) is 15.5. The highest BCUT2D eigenvalue weighted by Crippen LogP contribution is 2.22. The zero-order valence-electron chi connectivity index (χ0n) is 13.4. The van der Waals surface area contributed by atoms with Crippen LogP contribution in [0, 0.1) is 3.57 Å². The molecule has 0 bridgehead atoms. The van der Waals surface area contributed by atoms with E-state index in [2.05, 4.69) is 64.3 Å². The predicted octanol–water partition coefficient (Wildman–Crippen LogP) is 5.45. The van der Waals surface area contributed by atoms with Crippen molar-refractivity contribution >= 4 is 28.5 Å². The maximum Gasteiger partial charge on any atom is 0.252 e. The van der Waals surface area contributed by atoms with E-state index in [1.165, 1.54) is 11.1 Å². The Hall–Kier alpha value is -2.14. The quantitative estimate of drug-likeness (QED) is 0.552. The molecule has 120 valence electrons. The SMILES string of the molecule is C[C@H](NC(=O)c1ccccc1I)c1ccc(-c2ccccc2)cc1. The van der Waals surface area contributed by atoms with Crippen LogP contribution in [0.15, 0.2) is 78.9 Å². The summed E-state index contributed by atoms with van der Waals surface area (Å²) in [5.74, 6) is -0.0420. The molecule has 0 unspecified atom stereocenters. The summed E-state index contributed by atoms with van der Waals surface area (Å²) in [7, 11) is 0. The number of carbonyl (C=O) groups excluding carboxylic acids is 1. The molecule has 1 N–H and O–H groups in total. The van der Waals surface area contributed by atoms with Crippen LogP contribution >= 0.6 is 22.6 Å². The highest BCUT2D eigenvalue weighted by molar-refractivity contribution is 14.1. The van der Waals surface area contributed by atoms with Gasteiger partial charge in [-0.2, -0.15) is 0 Å². The van der Waals surface area contributed by atoms with Crippen molar-refractivity contribution in [3.8, 4) is 11.1 Å². The van der Waals surface area contributed by atoms with Gasteiger partial charge in [0.2, 0.25) is 0 Å². The molecule has 0 heterocycles. The van der Waals surface area contributed by atoms with Gasteiger partial charge in [0.05, 0.1) is 11.6 Å². The number of carbonyl (C=O) groups is 1. The lowest BCUT2D eigenvalue weighted by atomic mass is 10.0. The van der Waals surface area contributed by atoms with Crippen LogP contribution in [0.1, 0.15) is 28.9 Å². The monoisotopic (exact) mass is 427 g/mol. The Morgan fingerprint density at radius 3 is 2.08 bits per heavy atom. The van der Waals surface area contributed by atoms with Gasteiger partial charge in [-0.15, -0.1) is 0 Å². The average molecular weight is 427 g/mol. The second-order valence-corrected chi connectivity index (χ2v) is 6.83. The maximum atomic E-state index is 12.4. The molecular formula is C21H18INO. The minimum Gasteiger partial charge on any atom is -0.345 e. The first kappa shape index (κ1) is 16.7. The lowest BCUT2D eigenvalue weighted by molar-refractivity contribution is 0.0939. The molecule has 1 atom stereocenters. The number of benzene rings is 3. The molecule has 24 heavy (non-hydrogen) atoms. The first-order chi connectivity index (χ1) is 11.6. The summed E-state index contributed by atoms with van der Waals surface area (Å²) in [6.07, 6.45) is 0. The van der Waals surface area contributed by atoms with Crippen LogP contribution in [0.5, 0.6) is 0 Å². The molecule has 3 rings (SSSR count). The van der Waals surface area contributed by atoms with Crippen LogP contribution in [0.4, 0.5) is 0 Å². The van der Waals surface area contributed by atoms with E-state index in [0.717, 1.165) is 9.13 Å². The molecule has 0 spiro atoms. The molecule has 0 radical (unpaired) electrons. The summed E-state index contributed by atoms with van der Waals surface area (Å²) in [5.41, 5.74) is 4.18. The van der Waals surface area contributed by atoms with Crippen molar-refractivity contribution in [3.05, 3.63) is 93.6 Å². The number of amides is 1. The number of hydrogen-bond donors (Lipinski definition) is 1. The first-order valence-electron chi connectivity index (χ1n) is 7.86. The van der Waals surface area contributed by atoms with E-state index in [1.54, 1.807) is 0 Å².